The summed E-state index contributed by atoms with van der Waals surface area (Å²) in [6.07, 6.45) is 1.96. The summed E-state index contributed by atoms with van der Waals surface area (Å²) in [6, 6.07) is 13.8. The minimum atomic E-state index is 0.593. The fourth-order valence-corrected chi connectivity index (χ4v) is 2.71. The summed E-state index contributed by atoms with van der Waals surface area (Å²) in [6.45, 7) is 1.72. The first kappa shape index (κ1) is 15.3. The molecule has 0 amide bonds. The number of H-pyrrole nitrogens is 1. The molecule has 0 aliphatic heterocycles. The average molecular weight is 334 g/mol. The van der Waals surface area contributed by atoms with Gasteiger partial charge in [-0.1, -0.05) is 41.4 Å². The highest BCUT2D eigenvalue weighted by atomic mass is 35.5. The molecule has 5 heteroatoms. The van der Waals surface area contributed by atoms with Gasteiger partial charge >= 0.3 is 0 Å². The van der Waals surface area contributed by atoms with E-state index >= 15 is 0 Å². The van der Waals surface area contributed by atoms with Crippen LogP contribution in [-0.4, -0.2) is 16.5 Å². The number of benzene rings is 2. The molecule has 3 aromatic rings. The number of aromatic nitrogens is 2. The molecule has 0 unspecified atom stereocenters. The van der Waals surface area contributed by atoms with Gasteiger partial charge in [0.2, 0.25) is 0 Å². The highest BCUT2D eigenvalue weighted by molar-refractivity contribution is 6.42. The Balaban J connectivity index is 1.44. The zero-order valence-corrected chi connectivity index (χ0v) is 13.6. The second-order valence-electron chi connectivity index (χ2n) is 5.23. The zero-order valence-electron chi connectivity index (χ0n) is 12.1. The predicted octanol–water partition coefficient (Wildman–Crippen LogP) is 4.59. The number of nitrogens with zero attached hydrogens (tertiary/aromatic N) is 1. The fraction of sp³-hybridized carbons (Fsp3) is 0.235. The molecule has 0 atom stereocenters. The molecule has 3 rings (SSSR count). The summed E-state index contributed by atoms with van der Waals surface area (Å²) >= 11 is 11.9. The topological polar surface area (TPSA) is 40.7 Å². The maximum atomic E-state index is 6.00. The normalized spacial score (nSPS) is 11.2. The third kappa shape index (κ3) is 3.80. The highest BCUT2D eigenvalue weighted by Gasteiger charge is 2.02. The van der Waals surface area contributed by atoms with Gasteiger partial charge in [0.1, 0.15) is 5.82 Å². The van der Waals surface area contributed by atoms with Gasteiger partial charge in [0.25, 0.3) is 0 Å². The maximum absolute atomic E-state index is 6.00. The molecule has 0 radical (unpaired) electrons. The van der Waals surface area contributed by atoms with Crippen LogP contribution in [0.25, 0.3) is 11.0 Å². The summed E-state index contributed by atoms with van der Waals surface area (Å²) in [5.74, 6) is 1.04. The summed E-state index contributed by atoms with van der Waals surface area (Å²) in [5.41, 5.74) is 3.26. The first-order chi connectivity index (χ1) is 10.7. The summed E-state index contributed by atoms with van der Waals surface area (Å²) in [5, 5.41) is 4.60. The van der Waals surface area contributed by atoms with Crippen LogP contribution >= 0.6 is 23.2 Å². The molecule has 0 spiro atoms. The summed E-state index contributed by atoms with van der Waals surface area (Å²) in [7, 11) is 0. The molecule has 2 aromatic carbocycles. The third-order valence-corrected chi connectivity index (χ3v) is 4.26. The van der Waals surface area contributed by atoms with Crippen molar-refractivity contribution in [2.24, 2.45) is 0 Å². The van der Waals surface area contributed by atoms with Gasteiger partial charge < -0.3 is 10.3 Å². The Morgan fingerprint density at radius 1 is 1.05 bits per heavy atom. The molecule has 0 fully saturated rings. The molecular formula is C17H17Cl2N3. The molecule has 1 heterocycles. The molecule has 0 saturated heterocycles. The van der Waals surface area contributed by atoms with Crippen molar-refractivity contribution in [2.75, 3.05) is 6.54 Å². The van der Waals surface area contributed by atoms with Crippen molar-refractivity contribution in [3.8, 4) is 0 Å². The van der Waals surface area contributed by atoms with E-state index in [9.17, 15) is 0 Å². The van der Waals surface area contributed by atoms with Crippen LogP contribution in [0.3, 0.4) is 0 Å². The molecule has 0 saturated carbocycles. The second-order valence-corrected chi connectivity index (χ2v) is 6.04. The van der Waals surface area contributed by atoms with Gasteiger partial charge in [0.05, 0.1) is 21.1 Å². The second kappa shape index (κ2) is 7.14. The van der Waals surface area contributed by atoms with Crippen molar-refractivity contribution in [3.05, 3.63) is 63.9 Å². The van der Waals surface area contributed by atoms with Gasteiger partial charge in [-0.05, 0) is 42.8 Å². The van der Waals surface area contributed by atoms with E-state index in [1.165, 1.54) is 0 Å². The Morgan fingerprint density at radius 2 is 1.91 bits per heavy atom. The van der Waals surface area contributed by atoms with Crippen molar-refractivity contribution in [2.45, 2.75) is 19.4 Å². The first-order valence-electron chi connectivity index (χ1n) is 7.30. The number of hydrogen-bond donors (Lipinski definition) is 2. The number of aryl methyl sites for hydroxylation is 1. The number of para-hydroxylation sites is 2. The molecule has 0 aliphatic rings. The fourth-order valence-electron chi connectivity index (χ4n) is 2.39. The Labute approximate surface area is 139 Å². The molecule has 2 N–H and O–H groups in total. The van der Waals surface area contributed by atoms with Crippen molar-refractivity contribution in [1.82, 2.24) is 15.3 Å². The molecule has 0 aliphatic carbocycles. The third-order valence-electron chi connectivity index (χ3n) is 3.52. The van der Waals surface area contributed by atoms with Crippen LogP contribution in [0.4, 0.5) is 0 Å². The zero-order chi connectivity index (χ0) is 15.4. The van der Waals surface area contributed by atoms with Crippen molar-refractivity contribution >= 4 is 34.2 Å². The Kier molecular flexibility index (Phi) is 4.98. The van der Waals surface area contributed by atoms with E-state index in [0.717, 1.165) is 48.4 Å². The number of nitrogens with one attached hydrogen (secondary N) is 2. The lowest BCUT2D eigenvalue weighted by Gasteiger charge is -2.05. The first-order valence-corrected chi connectivity index (χ1v) is 8.06. The van der Waals surface area contributed by atoms with E-state index in [1.807, 2.05) is 42.5 Å². The van der Waals surface area contributed by atoms with Crippen LogP contribution in [0.5, 0.6) is 0 Å². The molecular weight excluding hydrogens is 317 g/mol. The monoisotopic (exact) mass is 333 g/mol. The standard InChI is InChI=1S/C17H17Cl2N3/c18-13-8-7-12(10-14(13)19)11-20-9-3-6-17-21-15-4-1-2-5-16(15)22-17/h1-2,4-5,7-8,10,20H,3,6,9,11H2,(H,21,22). The number of aromatic amines is 1. The van der Waals surface area contributed by atoms with E-state index < -0.39 is 0 Å². The van der Waals surface area contributed by atoms with Gasteiger partial charge in [-0.2, -0.15) is 0 Å². The van der Waals surface area contributed by atoms with E-state index in [-0.39, 0.29) is 0 Å². The molecule has 22 heavy (non-hydrogen) atoms. The number of halogens is 2. The smallest absolute Gasteiger partial charge is 0.107 e. The van der Waals surface area contributed by atoms with Crippen LogP contribution < -0.4 is 5.32 Å². The minimum absolute atomic E-state index is 0.593. The van der Waals surface area contributed by atoms with E-state index in [2.05, 4.69) is 15.3 Å². The number of hydrogen-bond acceptors (Lipinski definition) is 2. The summed E-state index contributed by atoms with van der Waals surface area (Å²) in [4.78, 5) is 7.92. The van der Waals surface area contributed by atoms with Crippen LogP contribution in [0.2, 0.25) is 10.0 Å². The van der Waals surface area contributed by atoms with Crippen molar-refractivity contribution < 1.29 is 0 Å². The maximum Gasteiger partial charge on any atom is 0.107 e. The van der Waals surface area contributed by atoms with Gasteiger partial charge in [0, 0.05) is 13.0 Å². The lowest BCUT2D eigenvalue weighted by atomic mass is 10.2. The number of imidazole rings is 1. The highest BCUT2D eigenvalue weighted by Crippen LogP contribution is 2.22. The van der Waals surface area contributed by atoms with Crippen molar-refractivity contribution in [3.63, 3.8) is 0 Å². The molecule has 114 valence electrons. The van der Waals surface area contributed by atoms with E-state index in [1.54, 1.807) is 0 Å². The molecule has 3 nitrogen and oxygen atoms in total. The largest absolute Gasteiger partial charge is 0.342 e. The van der Waals surface area contributed by atoms with Gasteiger partial charge in [-0.25, -0.2) is 4.98 Å². The van der Waals surface area contributed by atoms with E-state index in [4.69, 9.17) is 23.2 Å². The number of fused-ring (bicyclic) bond motifs is 1. The average Bonchev–Trinajstić information content (AvgIpc) is 2.93. The quantitative estimate of drug-likeness (QED) is 0.647. The summed E-state index contributed by atoms with van der Waals surface area (Å²) < 4.78 is 0. The van der Waals surface area contributed by atoms with Crippen LogP contribution in [0.1, 0.15) is 17.8 Å². The molecule has 1 aromatic heterocycles. The van der Waals surface area contributed by atoms with Gasteiger partial charge in [-0.15, -0.1) is 0 Å². The lowest BCUT2D eigenvalue weighted by molar-refractivity contribution is 0.641. The Morgan fingerprint density at radius 3 is 2.73 bits per heavy atom. The number of rotatable bonds is 6. The van der Waals surface area contributed by atoms with Crippen LogP contribution in [-0.2, 0) is 13.0 Å². The Bertz CT molecular complexity index is 734. The van der Waals surface area contributed by atoms with Gasteiger partial charge in [0.15, 0.2) is 0 Å². The van der Waals surface area contributed by atoms with Crippen LogP contribution in [0.15, 0.2) is 42.5 Å². The van der Waals surface area contributed by atoms with Crippen molar-refractivity contribution in [1.29, 1.82) is 0 Å². The predicted molar refractivity (Wildman–Crippen MR) is 92.6 cm³/mol. The minimum Gasteiger partial charge on any atom is -0.342 e. The van der Waals surface area contributed by atoms with Crippen LogP contribution in [0, 0.1) is 0 Å². The lowest BCUT2D eigenvalue weighted by Crippen LogP contribution is -2.15. The van der Waals surface area contributed by atoms with E-state index in [0.29, 0.717) is 10.0 Å². The van der Waals surface area contributed by atoms with Gasteiger partial charge in [-0.3, -0.25) is 0 Å². The molecule has 0 bridgehead atoms. The SMILES string of the molecule is Clc1ccc(CNCCCc2nc3ccccc3[nH]2)cc1Cl. The Hall–Kier alpha value is -1.55.